The van der Waals surface area contributed by atoms with E-state index in [1.165, 1.54) is 6.92 Å². The summed E-state index contributed by atoms with van der Waals surface area (Å²) in [5.74, 6) is -1.77. The van der Waals surface area contributed by atoms with E-state index in [0.29, 0.717) is 0 Å². The van der Waals surface area contributed by atoms with E-state index >= 15 is 0 Å². The van der Waals surface area contributed by atoms with Crippen molar-refractivity contribution >= 4 is 19.4 Å². The second-order valence-electron chi connectivity index (χ2n) is 5.72. The lowest BCUT2D eigenvalue weighted by molar-refractivity contribution is -0.384. The molecule has 1 unspecified atom stereocenters. The highest BCUT2D eigenvalue weighted by atomic mass is 31.2. The van der Waals surface area contributed by atoms with E-state index in [-0.39, 0.29) is 11.4 Å². The zero-order valence-corrected chi connectivity index (χ0v) is 16.1. The molecule has 0 aromatic heterocycles. The molecule has 150 valence electrons. The fourth-order valence-electron chi connectivity index (χ4n) is 1.87. The number of non-ortho nitro benzene ring substituents is 1. The van der Waals surface area contributed by atoms with E-state index in [0.717, 1.165) is 24.3 Å². The quantitative estimate of drug-likeness (QED) is 0.283. The molecule has 0 aliphatic carbocycles. The van der Waals surface area contributed by atoms with Gasteiger partial charge >= 0.3 is 13.7 Å². The van der Waals surface area contributed by atoms with Crippen molar-refractivity contribution in [3.05, 3.63) is 64.6 Å². The molecule has 0 bridgehead atoms. The summed E-state index contributed by atoms with van der Waals surface area (Å²) in [6.45, 7) is 4.49. The molecule has 0 amide bonds. The number of hydrogen-bond acceptors (Lipinski definition) is 7. The SMILES string of the molecule is [2H]c1c([2H])c([2H])c(OP(=O)(N[C@@H](C)C(=O)OC(C)C)Oc2ccc([N+](=O)[O-])cc2)c([2H])c1[2H]. The van der Waals surface area contributed by atoms with Crippen molar-refractivity contribution in [2.45, 2.75) is 32.9 Å². The zero-order chi connectivity index (χ0) is 25.1. The van der Waals surface area contributed by atoms with Gasteiger partial charge < -0.3 is 13.8 Å². The first-order valence-electron chi connectivity index (χ1n) is 10.5. The van der Waals surface area contributed by atoms with Crippen LogP contribution in [0, 0.1) is 10.1 Å². The van der Waals surface area contributed by atoms with Gasteiger partial charge in [-0.2, -0.15) is 5.09 Å². The topological polar surface area (TPSA) is 117 Å². The van der Waals surface area contributed by atoms with E-state index in [2.05, 4.69) is 5.09 Å². The third-order valence-corrected chi connectivity index (χ3v) is 4.60. The van der Waals surface area contributed by atoms with Crippen LogP contribution in [0.2, 0.25) is 0 Å². The van der Waals surface area contributed by atoms with Crippen molar-refractivity contribution in [3.8, 4) is 11.5 Å². The molecule has 9 nitrogen and oxygen atoms in total. The molecule has 0 spiro atoms. The highest BCUT2D eigenvalue weighted by Crippen LogP contribution is 2.45. The molecule has 0 radical (unpaired) electrons. The van der Waals surface area contributed by atoms with Crippen LogP contribution >= 0.6 is 7.75 Å². The standard InChI is InChI=1S/C18H21N2O7P/c1-13(2)25-18(21)14(3)19-28(24,26-16-7-5-4-6-8-16)27-17-11-9-15(10-12-17)20(22)23/h4-14H,1-3H3,(H,19,24)/t14-,28?/m0/s1/i4D,5D,6D,7D,8D. The lowest BCUT2D eigenvalue weighted by Gasteiger charge is -2.23. The predicted molar refractivity (Wildman–Crippen MR) is 102 cm³/mol. The van der Waals surface area contributed by atoms with Gasteiger partial charge in [-0.05, 0) is 45.0 Å². The number of hydrogen-bond donors (Lipinski definition) is 1. The Bertz CT molecular complexity index is 1090. The monoisotopic (exact) mass is 413 g/mol. The van der Waals surface area contributed by atoms with Crippen molar-refractivity contribution in [2.24, 2.45) is 0 Å². The minimum Gasteiger partial charge on any atom is -0.462 e. The number of para-hydroxylation sites is 1. The fraction of sp³-hybridized carbons (Fsp3) is 0.278. The molecule has 10 heteroatoms. The van der Waals surface area contributed by atoms with Crippen LogP contribution in [0.3, 0.4) is 0 Å². The summed E-state index contributed by atoms with van der Waals surface area (Å²) < 4.78 is 68.2. The summed E-state index contributed by atoms with van der Waals surface area (Å²) in [5.41, 5.74) is -0.273. The molecule has 0 aliphatic rings. The van der Waals surface area contributed by atoms with Crippen molar-refractivity contribution < 1.29 is 34.9 Å². The Morgan fingerprint density at radius 1 is 1.11 bits per heavy atom. The predicted octanol–water partition coefficient (Wildman–Crippen LogP) is 4.09. The van der Waals surface area contributed by atoms with E-state index in [4.69, 9.17) is 20.6 Å². The van der Waals surface area contributed by atoms with Crippen LogP contribution in [-0.4, -0.2) is 23.0 Å². The number of esters is 1. The van der Waals surface area contributed by atoms with Crippen molar-refractivity contribution in [1.29, 1.82) is 0 Å². The minimum absolute atomic E-state index is 0.173. The highest BCUT2D eigenvalue weighted by molar-refractivity contribution is 7.52. The molecule has 0 saturated heterocycles. The number of rotatable bonds is 9. The number of carbonyl (C=O) groups is 1. The van der Waals surface area contributed by atoms with Gasteiger partial charge in [-0.3, -0.25) is 14.9 Å². The summed E-state index contributed by atoms with van der Waals surface area (Å²) in [7, 11) is -4.65. The van der Waals surface area contributed by atoms with Crippen LogP contribution in [0.25, 0.3) is 0 Å². The summed E-state index contributed by atoms with van der Waals surface area (Å²) in [6, 6.07) is -0.613. The summed E-state index contributed by atoms with van der Waals surface area (Å²) >= 11 is 0. The molecule has 1 N–H and O–H groups in total. The Kier molecular flexibility index (Phi) is 5.03. The number of nitro benzene ring substituents is 1. The van der Waals surface area contributed by atoms with Crippen LogP contribution in [-0.2, 0) is 14.1 Å². The number of benzene rings is 2. The first-order valence-corrected chi connectivity index (χ1v) is 9.59. The fourth-order valence-corrected chi connectivity index (χ4v) is 3.32. The van der Waals surface area contributed by atoms with E-state index in [1.54, 1.807) is 13.8 Å². The van der Waals surface area contributed by atoms with E-state index in [1.807, 2.05) is 0 Å². The molecule has 0 saturated carbocycles. The number of nitrogens with one attached hydrogen (secondary N) is 1. The van der Waals surface area contributed by atoms with Crippen molar-refractivity contribution in [2.75, 3.05) is 0 Å². The maximum atomic E-state index is 13.6. The zero-order valence-electron chi connectivity index (χ0n) is 20.2. The number of ether oxygens (including phenoxy) is 1. The maximum absolute atomic E-state index is 13.6. The van der Waals surface area contributed by atoms with Crippen LogP contribution in [0.4, 0.5) is 5.69 Å². The minimum atomic E-state index is -4.65. The lowest BCUT2D eigenvalue weighted by Crippen LogP contribution is -2.36. The average molecular weight is 413 g/mol. The summed E-state index contributed by atoms with van der Waals surface area (Å²) in [4.78, 5) is 22.4. The maximum Gasteiger partial charge on any atom is 0.513 e. The molecule has 2 aromatic rings. The molecule has 2 rings (SSSR count). The third-order valence-electron chi connectivity index (χ3n) is 3.02. The molecule has 0 heterocycles. The molecule has 2 atom stereocenters. The summed E-state index contributed by atoms with van der Waals surface area (Å²) in [6.07, 6.45) is -0.487. The van der Waals surface area contributed by atoms with E-state index < -0.39 is 66.7 Å². The van der Waals surface area contributed by atoms with Crippen molar-refractivity contribution in [1.82, 2.24) is 5.09 Å². The second-order valence-corrected chi connectivity index (χ2v) is 7.34. The molecule has 28 heavy (non-hydrogen) atoms. The third kappa shape index (κ3) is 6.37. The Balaban J connectivity index is 2.47. The van der Waals surface area contributed by atoms with Gasteiger partial charge in [0.1, 0.15) is 17.5 Å². The first-order chi connectivity index (χ1) is 15.3. The van der Waals surface area contributed by atoms with Gasteiger partial charge in [0.05, 0.1) is 17.9 Å². The molecular formula is C18H21N2O7P. The highest BCUT2D eigenvalue weighted by Gasteiger charge is 2.34. The van der Waals surface area contributed by atoms with Crippen LogP contribution in [0.15, 0.2) is 54.5 Å². The van der Waals surface area contributed by atoms with Gasteiger partial charge in [0.15, 0.2) is 0 Å². The smallest absolute Gasteiger partial charge is 0.462 e. The van der Waals surface area contributed by atoms with Gasteiger partial charge in [0.2, 0.25) is 0 Å². The largest absolute Gasteiger partial charge is 0.513 e. The second kappa shape index (κ2) is 9.34. The Morgan fingerprint density at radius 3 is 2.21 bits per heavy atom. The number of nitrogens with zero attached hydrogens (tertiary/aromatic N) is 1. The van der Waals surface area contributed by atoms with Gasteiger partial charge in [-0.1, -0.05) is 18.1 Å². The molecule has 0 aliphatic heterocycles. The Labute approximate surface area is 169 Å². The molecule has 2 aromatic carbocycles. The van der Waals surface area contributed by atoms with Gasteiger partial charge in [0.25, 0.3) is 5.69 Å². The average Bonchev–Trinajstić information content (AvgIpc) is 2.73. The number of nitro groups is 1. The lowest BCUT2D eigenvalue weighted by atomic mass is 10.3. The van der Waals surface area contributed by atoms with Crippen LogP contribution in [0.5, 0.6) is 11.5 Å². The Hall–Kier alpha value is -2.90. The normalized spacial score (nSPS) is 16.5. The van der Waals surface area contributed by atoms with Crippen LogP contribution < -0.4 is 14.1 Å². The molecular weight excluding hydrogens is 387 g/mol. The van der Waals surface area contributed by atoms with Gasteiger partial charge in [-0.15, -0.1) is 0 Å². The summed E-state index contributed by atoms with van der Waals surface area (Å²) in [5, 5.41) is 13.1. The van der Waals surface area contributed by atoms with Crippen molar-refractivity contribution in [3.63, 3.8) is 0 Å². The van der Waals surface area contributed by atoms with E-state index in [9.17, 15) is 19.5 Å². The first kappa shape index (κ1) is 15.1. The Morgan fingerprint density at radius 2 is 1.68 bits per heavy atom. The van der Waals surface area contributed by atoms with Crippen LogP contribution in [0.1, 0.15) is 27.6 Å². The molecule has 0 fully saturated rings. The van der Waals surface area contributed by atoms with Gasteiger partial charge in [-0.25, -0.2) is 4.57 Å². The number of carbonyl (C=O) groups excluding carboxylic acids is 1. The van der Waals surface area contributed by atoms with Gasteiger partial charge in [0, 0.05) is 12.1 Å².